The second kappa shape index (κ2) is 9.61. The highest BCUT2D eigenvalue weighted by Gasteiger charge is 2.27. The van der Waals surface area contributed by atoms with Crippen LogP contribution in [0.1, 0.15) is 51.4 Å². The van der Waals surface area contributed by atoms with E-state index in [0.29, 0.717) is 12.3 Å². The van der Waals surface area contributed by atoms with Gasteiger partial charge in [-0.25, -0.2) is 0 Å². The van der Waals surface area contributed by atoms with E-state index in [9.17, 15) is 9.90 Å². The minimum Gasteiger partial charge on any atom is -0.396 e. The predicted octanol–water partition coefficient (Wildman–Crippen LogP) is 4.00. The van der Waals surface area contributed by atoms with Gasteiger partial charge in [0.25, 0.3) is 0 Å². The van der Waals surface area contributed by atoms with E-state index in [-0.39, 0.29) is 24.5 Å². The van der Waals surface area contributed by atoms with E-state index in [2.05, 4.69) is 22.3 Å². The molecular formula is C21H31ClN2O2. The summed E-state index contributed by atoms with van der Waals surface area (Å²) in [5.74, 6) is 1.02. The van der Waals surface area contributed by atoms with Crippen LogP contribution in [0.3, 0.4) is 0 Å². The molecule has 5 heteroatoms. The number of nitrogens with one attached hydrogen (secondary N) is 1. The van der Waals surface area contributed by atoms with Crippen molar-refractivity contribution in [1.29, 1.82) is 0 Å². The second-order valence-corrected chi connectivity index (χ2v) is 8.28. The quantitative estimate of drug-likeness (QED) is 0.753. The molecule has 2 aliphatic rings. The summed E-state index contributed by atoms with van der Waals surface area (Å²) in [4.78, 5) is 14.8. The number of piperidine rings is 1. The minimum atomic E-state index is 0.111. The van der Waals surface area contributed by atoms with Crippen molar-refractivity contribution in [1.82, 2.24) is 5.32 Å². The van der Waals surface area contributed by atoms with Crippen LogP contribution in [-0.4, -0.2) is 36.8 Å². The molecule has 1 atom stereocenters. The molecule has 2 N–H and O–H groups in total. The van der Waals surface area contributed by atoms with Gasteiger partial charge >= 0.3 is 0 Å². The normalized spacial score (nSPS) is 20.3. The van der Waals surface area contributed by atoms with E-state index in [4.69, 9.17) is 11.6 Å². The van der Waals surface area contributed by atoms with Crippen LogP contribution in [0.2, 0.25) is 5.02 Å². The van der Waals surface area contributed by atoms with Crippen LogP contribution < -0.4 is 10.2 Å². The van der Waals surface area contributed by atoms with Crippen molar-refractivity contribution in [3.05, 3.63) is 29.3 Å². The Kier molecular flexibility index (Phi) is 7.21. The highest BCUT2D eigenvalue weighted by Crippen LogP contribution is 2.28. The lowest BCUT2D eigenvalue weighted by Crippen LogP contribution is -2.42. The van der Waals surface area contributed by atoms with Crippen molar-refractivity contribution in [2.24, 2.45) is 11.8 Å². The Bertz CT molecular complexity index is 564. The van der Waals surface area contributed by atoms with Crippen molar-refractivity contribution in [3.8, 4) is 0 Å². The van der Waals surface area contributed by atoms with Crippen LogP contribution in [0.15, 0.2) is 24.3 Å². The fraction of sp³-hybridized carbons (Fsp3) is 0.667. The molecule has 0 aromatic heterocycles. The van der Waals surface area contributed by atoms with Gasteiger partial charge in [-0.05, 0) is 68.7 Å². The van der Waals surface area contributed by atoms with Gasteiger partial charge in [-0.15, -0.1) is 0 Å². The maximum Gasteiger partial charge on any atom is 0.223 e. The number of anilines is 1. The van der Waals surface area contributed by atoms with Gasteiger partial charge in [0, 0.05) is 42.4 Å². The summed E-state index contributed by atoms with van der Waals surface area (Å²) in [5, 5.41) is 13.4. The van der Waals surface area contributed by atoms with Crippen molar-refractivity contribution in [2.45, 2.75) is 57.4 Å². The van der Waals surface area contributed by atoms with Gasteiger partial charge in [0.05, 0.1) is 0 Å². The molecule has 1 saturated carbocycles. The zero-order chi connectivity index (χ0) is 18.4. The van der Waals surface area contributed by atoms with Gasteiger partial charge in [-0.3, -0.25) is 4.79 Å². The van der Waals surface area contributed by atoms with Crippen LogP contribution in [-0.2, 0) is 4.79 Å². The molecule has 1 aliphatic heterocycles. The van der Waals surface area contributed by atoms with E-state index in [1.165, 1.54) is 18.5 Å². The second-order valence-electron chi connectivity index (χ2n) is 7.84. The highest BCUT2D eigenvalue weighted by atomic mass is 35.5. The van der Waals surface area contributed by atoms with Crippen molar-refractivity contribution in [3.63, 3.8) is 0 Å². The first-order chi connectivity index (χ1) is 12.7. The zero-order valence-corrected chi connectivity index (χ0v) is 16.3. The number of aliphatic hydroxyl groups is 1. The molecule has 2 fully saturated rings. The number of carbonyl (C=O) groups is 1. The van der Waals surface area contributed by atoms with Gasteiger partial charge in [0.15, 0.2) is 0 Å². The van der Waals surface area contributed by atoms with Gasteiger partial charge < -0.3 is 15.3 Å². The Morgan fingerprint density at radius 2 is 1.81 bits per heavy atom. The number of amides is 1. The summed E-state index contributed by atoms with van der Waals surface area (Å²) in [6.45, 7) is 2.21. The fourth-order valence-electron chi connectivity index (χ4n) is 4.39. The standard InChI is InChI=1S/C21H31ClN2O2/c22-18-5-7-20(8-6-18)24-12-9-16(10-13-24)15-19(11-14-25)23-21(26)17-3-1-2-4-17/h5-8,16-17,19,25H,1-4,9-15H2,(H,23,26). The van der Waals surface area contributed by atoms with E-state index in [1.807, 2.05) is 12.1 Å². The summed E-state index contributed by atoms with van der Waals surface area (Å²) in [6, 6.07) is 8.16. The van der Waals surface area contributed by atoms with Gasteiger partial charge in [0.1, 0.15) is 0 Å². The molecule has 0 spiro atoms. The molecule has 1 heterocycles. The molecule has 1 aromatic carbocycles. The van der Waals surface area contributed by atoms with Crippen molar-refractivity contribution >= 4 is 23.2 Å². The Morgan fingerprint density at radius 1 is 1.15 bits per heavy atom. The number of rotatable bonds is 7. The number of benzene rings is 1. The lowest BCUT2D eigenvalue weighted by molar-refractivity contribution is -0.125. The van der Waals surface area contributed by atoms with Crippen LogP contribution >= 0.6 is 11.6 Å². The number of hydrogen-bond acceptors (Lipinski definition) is 3. The van der Waals surface area contributed by atoms with Gasteiger partial charge in [0.2, 0.25) is 5.91 Å². The Morgan fingerprint density at radius 3 is 2.42 bits per heavy atom. The third-order valence-corrected chi connectivity index (χ3v) is 6.23. The molecule has 26 heavy (non-hydrogen) atoms. The lowest BCUT2D eigenvalue weighted by atomic mass is 9.88. The Labute approximate surface area is 161 Å². The van der Waals surface area contributed by atoms with Gasteiger partial charge in [-0.2, -0.15) is 0 Å². The fourth-order valence-corrected chi connectivity index (χ4v) is 4.52. The lowest BCUT2D eigenvalue weighted by Gasteiger charge is -2.35. The third-order valence-electron chi connectivity index (χ3n) is 5.97. The first-order valence-electron chi connectivity index (χ1n) is 10.1. The van der Waals surface area contributed by atoms with Crippen LogP contribution in [0.4, 0.5) is 5.69 Å². The largest absolute Gasteiger partial charge is 0.396 e. The molecule has 1 saturated heterocycles. The Balaban J connectivity index is 1.47. The number of aliphatic hydroxyl groups excluding tert-OH is 1. The predicted molar refractivity (Wildman–Crippen MR) is 107 cm³/mol. The smallest absolute Gasteiger partial charge is 0.223 e. The molecule has 1 amide bonds. The molecule has 0 bridgehead atoms. The number of carbonyl (C=O) groups excluding carboxylic acids is 1. The summed E-state index contributed by atoms with van der Waals surface area (Å²) in [5.41, 5.74) is 1.23. The third kappa shape index (κ3) is 5.37. The first kappa shape index (κ1) is 19.5. The average Bonchev–Trinajstić information content (AvgIpc) is 3.18. The molecule has 1 aliphatic carbocycles. The van der Waals surface area contributed by atoms with Gasteiger partial charge in [-0.1, -0.05) is 24.4 Å². The van der Waals surface area contributed by atoms with E-state index >= 15 is 0 Å². The topological polar surface area (TPSA) is 52.6 Å². The first-order valence-corrected chi connectivity index (χ1v) is 10.4. The number of nitrogens with zero attached hydrogens (tertiary/aromatic N) is 1. The monoisotopic (exact) mass is 378 g/mol. The molecule has 144 valence electrons. The molecule has 4 nitrogen and oxygen atoms in total. The van der Waals surface area contributed by atoms with Crippen molar-refractivity contribution < 1.29 is 9.90 Å². The average molecular weight is 379 g/mol. The van der Waals surface area contributed by atoms with Crippen LogP contribution in [0.25, 0.3) is 0 Å². The zero-order valence-electron chi connectivity index (χ0n) is 15.5. The number of hydrogen-bond donors (Lipinski definition) is 2. The van der Waals surface area contributed by atoms with Crippen LogP contribution in [0.5, 0.6) is 0 Å². The minimum absolute atomic E-state index is 0.111. The summed E-state index contributed by atoms with van der Waals surface area (Å²) in [6.07, 6.45) is 8.29. The summed E-state index contributed by atoms with van der Waals surface area (Å²) < 4.78 is 0. The SMILES string of the molecule is O=C(NC(CCO)CC1CCN(c2ccc(Cl)cc2)CC1)C1CCCC1. The highest BCUT2D eigenvalue weighted by molar-refractivity contribution is 6.30. The maximum atomic E-state index is 12.4. The van der Waals surface area contributed by atoms with E-state index < -0.39 is 0 Å². The van der Waals surface area contributed by atoms with E-state index in [1.54, 1.807) is 0 Å². The molecular weight excluding hydrogens is 348 g/mol. The molecule has 0 radical (unpaired) electrons. The van der Waals surface area contributed by atoms with E-state index in [0.717, 1.165) is 50.2 Å². The summed E-state index contributed by atoms with van der Waals surface area (Å²) >= 11 is 5.98. The maximum absolute atomic E-state index is 12.4. The Hall–Kier alpha value is -1.26. The molecule has 1 aromatic rings. The summed E-state index contributed by atoms with van der Waals surface area (Å²) in [7, 11) is 0. The molecule has 1 unspecified atom stereocenters. The van der Waals surface area contributed by atoms with Crippen LogP contribution in [0, 0.1) is 11.8 Å². The van der Waals surface area contributed by atoms with Crippen molar-refractivity contribution in [2.75, 3.05) is 24.6 Å². The number of halogens is 1. The molecule has 3 rings (SSSR count).